The first-order valence-corrected chi connectivity index (χ1v) is 6.39. The van der Waals surface area contributed by atoms with Gasteiger partial charge in [0.2, 0.25) is 5.82 Å². The molecule has 96 valence electrons. The monoisotopic (exact) mass is 265 g/mol. The molecule has 1 aliphatic rings. The number of aryl methyl sites for hydroxylation is 1. The average Bonchev–Trinajstić information content (AvgIpc) is 3.12. The van der Waals surface area contributed by atoms with E-state index in [1.54, 1.807) is 24.9 Å². The minimum atomic E-state index is -2.27. The normalized spacial score (nSPS) is 15.9. The van der Waals surface area contributed by atoms with Crippen LogP contribution in [0.3, 0.4) is 0 Å². The van der Waals surface area contributed by atoms with Crippen molar-refractivity contribution < 1.29 is 8.68 Å². The Balaban J connectivity index is 2.01. The van der Waals surface area contributed by atoms with Crippen LogP contribution in [0, 0.1) is 0 Å². The van der Waals surface area contributed by atoms with E-state index >= 15 is 0 Å². The first kappa shape index (κ1) is 7.79. The number of aromatic nitrogens is 5. The molecule has 0 unspecified atom stereocenters. The third-order valence-electron chi connectivity index (χ3n) is 3.98. The minimum Gasteiger partial charge on any atom is -0.264 e. The van der Waals surface area contributed by atoms with Gasteiger partial charge in [-0.25, -0.2) is 14.0 Å². The zero-order valence-corrected chi connectivity index (χ0v) is 10.5. The Hall–Kier alpha value is -2.69. The Bertz CT molecular complexity index is 1090. The third-order valence-corrected chi connectivity index (χ3v) is 3.98. The van der Waals surface area contributed by atoms with Crippen LogP contribution in [-0.4, -0.2) is 18.9 Å². The van der Waals surface area contributed by atoms with Crippen molar-refractivity contribution in [3.05, 3.63) is 48.7 Å². The highest BCUT2D eigenvalue weighted by Crippen LogP contribution is 2.30. The summed E-state index contributed by atoms with van der Waals surface area (Å²) in [5, 5.41) is 0. The van der Waals surface area contributed by atoms with E-state index in [0.717, 1.165) is 22.3 Å². The first-order chi connectivity index (χ1) is 11.1. The molecular formula is C15H12N5+. The fourth-order valence-electron chi connectivity index (χ4n) is 3.11. The first-order valence-electron chi connectivity index (χ1n) is 7.89. The standard InChI is InChI=1S/C15H12N5/c1-18-13-6-11-3-5-17-9-20(11)15(13)19-8-10-2-4-16-7-12(10)14(18)19/h2-7,9H,8H2,1H3/q+1/i1D3. The van der Waals surface area contributed by atoms with E-state index in [-0.39, 0.29) is 0 Å². The lowest BCUT2D eigenvalue weighted by Gasteiger charge is -1.95. The molecule has 4 aromatic rings. The number of hydrogen-bond acceptors (Lipinski definition) is 2. The predicted molar refractivity (Wildman–Crippen MR) is 74.2 cm³/mol. The second-order valence-corrected chi connectivity index (χ2v) is 5.01. The lowest BCUT2D eigenvalue weighted by Crippen LogP contribution is -2.32. The number of hydrogen-bond donors (Lipinski definition) is 0. The van der Waals surface area contributed by atoms with Crippen molar-refractivity contribution in [1.82, 2.24) is 18.9 Å². The van der Waals surface area contributed by atoms with Gasteiger partial charge in [0.15, 0.2) is 11.8 Å². The molecule has 5 heterocycles. The van der Waals surface area contributed by atoms with E-state index in [2.05, 4.69) is 9.97 Å². The van der Waals surface area contributed by atoms with E-state index in [4.69, 9.17) is 4.11 Å². The largest absolute Gasteiger partial charge is 0.275 e. The molecule has 4 aromatic heterocycles. The molecule has 5 heteroatoms. The van der Waals surface area contributed by atoms with Crippen molar-refractivity contribution in [2.45, 2.75) is 6.54 Å². The van der Waals surface area contributed by atoms with Crippen LogP contribution in [-0.2, 0) is 13.5 Å². The SMILES string of the molecule is [2H]C([2H])([2H])n1c2[n+](c3c1cc1ccncn13)Cc1ccncc1-2. The second kappa shape index (κ2) is 3.25. The lowest BCUT2D eigenvalue weighted by atomic mass is 10.2. The Morgan fingerprint density at radius 1 is 1.30 bits per heavy atom. The summed E-state index contributed by atoms with van der Waals surface area (Å²) in [5.74, 6) is 0.677. The fourth-order valence-corrected chi connectivity index (χ4v) is 3.11. The van der Waals surface area contributed by atoms with Crippen LogP contribution in [0.5, 0.6) is 0 Å². The smallest absolute Gasteiger partial charge is 0.264 e. The molecule has 5 rings (SSSR count). The van der Waals surface area contributed by atoms with Gasteiger partial charge in [0.05, 0.1) is 23.2 Å². The molecule has 0 spiro atoms. The van der Waals surface area contributed by atoms with Gasteiger partial charge in [0, 0.05) is 30.2 Å². The summed E-state index contributed by atoms with van der Waals surface area (Å²) in [4.78, 5) is 8.33. The van der Waals surface area contributed by atoms with Crippen molar-refractivity contribution in [3.63, 3.8) is 0 Å². The van der Waals surface area contributed by atoms with E-state index in [9.17, 15) is 0 Å². The number of fused-ring (bicyclic) bond motifs is 7. The number of nitrogens with zero attached hydrogens (tertiary/aromatic N) is 5. The van der Waals surface area contributed by atoms with Gasteiger partial charge in [0.25, 0.3) is 5.65 Å². The highest BCUT2D eigenvalue weighted by atomic mass is 15.2. The van der Waals surface area contributed by atoms with Crippen molar-refractivity contribution >= 4 is 16.7 Å². The molecule has 5 nitrogen and oxygen atoms in total. The molecule has 0 amide bonds. The van der Waals surface area contributed by atoms with E-state index in [1.807, 2.05) is 27.2 Å². The summed E-state index contributed by atoms with van der Waals surface area (Å²) in [7, 11) is 0. The average molecular weight is 265 g/mol. The molecule has 0 bridgehead atoms. The zero-order valence-electron chi connectivity index (χ0n) is 13.5. The molecule has 20 heavy (non-hydrogen) atoms. The lowest BCUT2D eigenvalue weighted by molar-refractivity contribution is -0.648. The molecule has 0 saturated heterocycles. The molecule has 0 saturated carbocycles. The summed E-state index contributed by atoms with van der Waals surface area (Å²) in [6, 6.07) is 5.71. The summed E-state index contributed by atoms with van der Waals surface area (Å²) < 4.78 is 29.4. The number of pyridine rings is 1. The molecule has 0 radical (unpaired) electrons. The molecule has 0 aromatic carbocycles. The van der Waals surface area contributed by atoms with Crippen LogP contribution in [0.15, 0.2) is 43.1 Å². The maximum atomic E-state index is 7.99. The van der Waals surface area contributed by atoms with Gasteiger partial charge in [-0.05, 0) is 12.1 Å². The summed E-state index contributed by atoms with van der Waals surface area (Å²) in [5.41, 5.74) is 4.40. The van der Waals surface area contributed by atoms with Gasteiger partial charge < -0.3 is 0 Å². The summed E-state index contributed by atoms with van der Waals surface area (Å²) >= 11 is 0. The summed E-state index contributed by atoms with van der Waals surface area (Å²) in [6.07, 6.45) is 6.90. The van der Waals surface area contributed by atoms with Gasteiger partial charge in [-0.2, -0.15) is 0 Å². The van der Waals surface area contributed by atoms with E-state index in [0.29, 0.717) is 17.9 Å². The van der Waals surface area contributed by atoms with Crippen LogP contribution in [0.2, 0.25) is 0 Å². The third kappa shape index (κ3) is 1.02. The highest BCUT2D eigenvalue weighted by molar-refractivity contribution is 5.82. The fraction of sp³-hybridized carbons (Fsp3) is 0.133. The Morgan fingerprint density at radius 3 is 3.20 bits per heavy atom. The number of imidazole rings is 1. The van der Waals surface area contributed by atoms with Crippen molar-refractivity contribution in [2.24, 2.45) is 6.98 Å². The Kier molecular flexibility index (Phi) is 1.27. The molecule has 0 atom stereocenters. The van der Waals surface area contributed by atoms with Crippen LogP contribution in [0.4, 0.5) is 0 Å². The highest BCUT2D eigenvalue weighted by Gasteiger charge is 2.32. The van der Waals surface area contributed by atoms with Crippen LogP contribution >= 0.6 is 0 Å². The molecule has 0 N–H and O–H groups in total. The molecule has 0 fully saturated rings. The second-order valence-electron chi connectivity index (χ2n) is 5.01. The van der Waals surface area contributed by atoms with Crippen molar-refractivity contribution in [2.75, 3.05) is 0 Å². The van der Waals surface area contributed by atoms with E-state index < -0.39 is 6.98 Å². The predicted octanol–water partition coefficient (Wildman–Crippen LogP) is 1.54. The summed E-state index contributed by atoms with van der Waals surface area (Å²) in [6.45, 7) is -1.64. The zero-order chi connectivity index (χ0) is 15.8. The van der Waals surface area contributed by atoms with Gasteiger partial charge in [-0.3, -0.25) is 9.55 Å². The maximum absolute atomic E-state index is 7.99. The minimum absolute atomic E-state index is 0.633. The van der Waals surface area contributed by atoms with E-state index in [1.165, 1.54) is 4.57 Å². The molecular weight excluding hydrogens is 250 g/mol. The maximum Gasteiger partial charge on any atom is 0.275 e. The Labute approximate surface area is 119 Å². The van der Waals surface area contributed by atoms with Crippen LogP contribution in [0.1, 0.15) is 9.68 Å². The Morgan fingerprint density at radius 2 is 2.25 bits per heavy atom. The topological polar surface area (TPSA) is 39.0 Å². The van der Waals surface area contributed by atoms with Gasteiger partial charge >= 0.3 is 0 Å². The van der Waals surface area contributed by atoms with Gasteiger partial charge in [-0.15, -0.1) is 0 Å². The van der Waals surface area contributed by atoms with Crippen molar-refractivity contribution in [1.29, 1.82) is 0 Å². The van der Waals surface area contributed by atoms with Gasteiger partial charge in [0.1, 0.15) is 5.52 Å². The van der Waals surface area contributed by atoms with Crippen LogP contribution < -0.4 is 4.57 Å². The number of rotatable bonds is 0. The van der Waals surface area contributed by atoms with Crippen molar-refractivity contribution in [3.8, 4) is 11.4 Å². The molecule has 0 aliphatic carbocycles. The van der Waals surface area contributed by atoms with Crippen LogP contribution in [0.25, 0.3) is 28.1 Å². The van der Waals surface area contributed by atoms with Gasteiger partial charge in [-0.1, -0.05) is 0 Å². The quantitative estimate of drug-likeness (QED) is 0.398. The molecule has 1 aliphatic heterocycles.